The van der Waals surface area contributed by atoms with Crippen LogP contribution in [-0.4, -0.2) is 37.6 Å². The Morgan fingerprint density at radius 1 is 1.33 bits per heavy atom. The summed E-state index contributed by atoms with van der Waals surface area (Å²) in [5.41, 5.74) is 0. The molecule has 2 aliphatic carbocycles. The van der Waals surface area contributed by atoms with Crippen molar-refractivity contribution < 1.29 is 0 Å². The van der Waals surface area contributed by atoms with Crippen LogP contribution < -0.4 is 5.32 Å². The van der Waals surface area contributed by atoms with Crippen molar-refractivity contribution >= 4 is 0 Å². The summed E-state index contributed by atoms with van der Waals surface area (Å²) < 4.78 is 0. The number of likely N-dealkylation sites (tertiary alicyclic amines) is 1. The molecular weight excluding hydrogens is 184 g/mol. The van der Waals surface area contributed by atoms with Crippen LogP contribution in [0, 0.1) is 17.8 Å². The highest BCUT2D eigenvalue weighted by Gasteiger charge is 2.35. The van der Waals surface area contributed by atoms with Gasteiger partial charge in [0, 0.05) is 12.6 Å². The van der Waals surface area contributed by atoms with Crippen LogP contribution in [-0.2, 0) is 0 Å². The molecule has 84 valence electrons. The van der Waals surface area contributed by atoms with Gasteiger partial charge < -0.3 is 10.2 Å². The Kier molecular flexibility index (Phi) is 2.57. The molecule has 2 heteroatoms. The lowest BCUT2D eigenvalue weighted by atomic mass is 9.93. The van der Waals surface area contributed by atoms with Gasteiger partial charge >= 0.3 is 0 Å². The van der Waals surface area contributed by atoms with Crippen molar-refractivity contribution in [2.75, 3.05) is 26.7 Å². The van der Waals surface area contributed by atoms with Gasteiger partial charge in [0.2, 0.25) is 0 Å². The van der Waals surface area contributed by atoms with Crippen LogP contribution in [0.15, 0.2) is 12.2 Å². The van der Waals surface area contributed by atoms with Crippen LogP contribution in [0.4, 0.5) is 0 Å². The van der Waals surface area contributed by atoms with E-state index >= 15 is 0 Å². The fourth-order valence-corrected chi connectivity index (χ4v) is 3.55. The van der Waals surface area contributed by atoms with Crippen LogP contribution in [0.5, 0.6) is 0 Å². The zero-order chi connectivity index (χ0) is 10.3. The van der Waals surface area contributed by atoms with Gasteiger partial charge in [-0.1, -0.05) is 12.2 Å². The molecule has 2 bridgehead atoms. The van der Waals surface area contributed by atoms with E-state index in [1.807, 2.05) is 0 Å². The quantitative estimate of drug-likeness (QED) is 0.704. The van der Waals surface area contributed by atoms with Gasteiger partial charge in [0.15, 0.2) is 0 Å². The predicted molar refractivity (Wildman–Crippen MR) is 62.7 cm³/mol. The molecule has 1 saturated heterocycles. The summed E-state index contributed by atoms with van der Waals surface area (Å²) in [4.78, 5) is 2.43. The summed E-state index contributed by atoms with van der Waals surface area (Å²) in [5, 5.41) is 3.76. The number of hydrogen-bond donors (Lipinski definition) is 1. The first-order chi connectivity index (χ1) is 7.31. The van der Waals surface area contributed by atoms with E-state index in [2.05, 4.69) is 29.4 Å². The van der Waals surface area contributed by atoms with Crippen molar-refractivity contribution in [3.8, 4) is 0 Å². The van der Waals surface area contributed by atoms with Gasteiger partial charge in [-0.3, -0.25) is 0 Å². The van der Waals surface area contributed by atoms with Gasteiger partial charge in [0.1, 0.15) is 0 Å². The molecule has 0 aromatic carbocycles. The van der Waals surface area contributed by atoms with E-state index in [9.17, 15) is 0 Å². The number of likely N-dealkylation sites (N-methyl/N-ethyl adjacent to an activating group) is 1. The van der Waals surface area contributed by atoms with Crippen LogP contribution in [0.25, 0.3) is 0 Å². The van der Waals surface area contributed by atoms with Gasteiger partial charge in [-0.05, 0) is 57.2 Å². The molecule has 3 rings (SSSR count). The van der Waals surface area contributed by atoms with Crippen molar-refractivity contribution in [1.29, 1.82) is 0 Å². The van der Waals surface area contributed by atoms with E-state index < -0.39 is 0 Å². The molecule has 3 aliphatic rings. The Morgan fingerprint density at radius 2 is 2.27 bits per heavy atom. The fourth-order valence-electron chi connectivity index (χ4n) is 3.55. The molecular formula is C13H22N2. The zero-order valence-electron chi connectivity index (χ0n) is 9.65. The second-order valence-corrected chi connectivity index (χ2v) is 5.70. The van der Waals surface area contributed by atoms with E-state index in [-0.39, 0.29) is 0 Å². The summed E-state index contributed by atoms with van der Waals surface area (Å²) in [6.45, 7) is 3.77. The number of hydrogen-bond acceptors (Lipinski definition) is 2. The SMILES string of the molecule is CN1CC[C@@H](NC[C@H]2C[C@H]3C=C[C@H]2C3)C1. The van der Waals surface area contributed by atoms with Gasteiger partial charge in [-0.25, -0.2) is 0 Å². The molecule has 4 atom stereocenters. The number of allylic oxidation sites excluding steroid dienone is 2. The predicted octanol–water partition coefficient (Wildman–Crippen LogP) is 1.49. The average molecular weight is 206 g/mol. The first kappa shape index (κ1) is 9.86. The Morgan fingerprint density at radius 3 is 2.87 bits per heavy atom. The Hall–Kier alpha value is -0.340. The largest absolute Gasteiger partial charge is 0.312 e. The lowest BCUT2D eigenvalue weighted by Gasteiger charge is -2.21. The number of nitrogens with one attached hydrogen (secondary N) is 1. The summed E-state index contributed by atoms with van der Waals surface area (Å²) in [6.07, 6.45) is 9.12. The summed E-state index contributed by atoms with van der Waals surface area (Å²) in [5.74, 6) is 2.76. The van der Waals surface area contributed by atoms with Crippen molar-refractivity contribution in [1.82, 2.24) is 10.2 Å². The van der Waals surface area contributed by atoms with Gasteiger partial charge in [-0.15, -0.1) is 0 Å². The molecule has 1 aliphatic heterocycles. The summed E-state index contributed by atoms with van der Waals surface area (Å²) in [7, 11) is 2.22. The lowest BCUT2D eigenvalue weighted by molar-refractivity contribution is 0.364. The van der Waals surface area contributed by atoms with Crippen molar-refractivity contribution in [2.24, 2.45) is 17.8 Å². The van der Waals surface area contributed by atoms with Crippen molar-refractivity contribution in [2.45, 2.75) is 25.3 Å². The second-order valence-electron chi connectivity index (χ2n) is 5.70. The third kappa shape index (κ3) is 1.98. The minimum Gasteiger partial charge on any atom is -0.312 e. The van der Waals surface area contributed by atoms with E-state index in [0.29, 0.717) is 0 Å². The van der Waals surface area contributed by atoms with Crippen LogP contribution in [0.3, 0.4) is 0 Å². The van der Waals surface area contributed by atoms with E-state index in [4.69, 9.17) is 0 Å². The van der Waals surface area contributed by atoms with Crippen molar-refractivity contribution in [3.05, 3.63) is 12.2 Å². The summed E-state index contributed by atoms with van der Waals surface area (Å²) >= 11 is 0. The van der Waals surface area contributed by atoms with Gasteiger partial charge in [-0.2, -0.15) is 0 Å². The molecule has 15 heavy (non-hydrogen) atoms. The minimum atomic E-state index is 0.762. The van der Waals surface area contributed by atoms with Gasteiger partial charge in [0.05, 0.1) is 0 Å². The van der Waals surface area contributed by atoms with Crippen molar-refractivity contribution in [3.63, 3.8) is 0 Å². The maximum atomic E-state index is 3.76. The zero-order valence-corrected chi connectivity index (χ0v) is 9.65. The Bertz CT molecular complexity index is 261. The van der Waals surface area contributed by atoms with E-state index in [1.54, 1.807) is 0 Å². The molecule has 0 aromatic rings. The molecule has 0 radical (unpaired) electrons. The topological polar surface area (TPSA) is 15.3 Å². The first-order valence-corrected chi connectivity index (χ1v) is 6.41. The monoisotopic (exact) mass is 206 g/mol. The maximum absolute atomic E-state index is 3.76. The van der Waals surface area contributed by atoms with Crippen LogP contribution >= 0.6 is 0 Å². The Balaban J connectivity index is 1.45. The van der Waals surface area contributed by atoms with E-state index in [1.165, 1.54) is 38.9 Å². The molecule has 1 saturated carbocycles. The minimum absolute atomic E-state index is 0.762. The van der Waals surface area contributed by atoms with E-state index in [0.717, 1.165) is 23.8 Å². The standard InChI is InChI=1S/C13H22N2/c1-15-5-4-13(9-15)14-8-12-7-10-2-3-11(12)6-10/h2-3,10-14H,4-9H2,1H3/t10-,11-,12+,13+/m0/s1. The number of nitrogens with zero attached hydrogens (tertiary/aromatic N) is 1. The Labute approximate surface area is 92.7 Å². The smallest absolute Gasteiger partial charge is 0.0207 e. The molecule has 0 spiro atoms. The van der Waals surface area contributed by atoms with Crippen LogP contribution in [0.2, 0.25) is 0 Å². The lowest BCUT2D eigenvalue weighted by Crippen LogP contribution is -2.36. The molecule has 2 nitrogen and oxygen atoms in total. The maximum Gasteiger partial charge on any atom is 0.0207 e. The number of fused-ring (bicyclic) bond motifs is 2. The highest BCUT2D eigenvalue weighted by molar-refractivity contribution is 5.10. The highest BCUT2D eigenvalue weighted by Crippen LogP contribution is 2.43. The average Bonchev–Trinajstić information content (AvgIpc) is 2.90. The third-order valence-corrected chi connectivity index (χ3v) is 4.48. The second kappa shape index (κ2) is 3.91. The first-order valence-electron chi connectivity index (χ1n) is 6.41. The molecule has 2 fully saturated rings. The molecule has 1 N–H and O–H groups in total. The number of rotatable bonds is 3. The third-order valence-electron chi connectivity index (χ3n) is 4.48. The molecule has 0 unspecified atom stereocenters. The molecule has 0 aromatic heterocycles. The van der Waals surface area contributed by atoms with Gasteiger partial charge in [0.25, 0.3) is 0 Å². The fraction of sp³-hybridized carbons (Fsp3) is 0.846. The summed E-state index contributed by atoms with van der Waals surface area (Å²) in [6, 6.07) is 0.762. The van der Waals surface area contributed by atoms with Crippen LogP contribution in [0.1, 0.15) is 19.3 Å². The highest BCUT2D eigenvalue weighted by atomic mass is 15.2. The normalized spacial score (nSPS) is 44.3. The molecule has 1 heterocycles. The molecule has 0 amide bonds.